The van der Waals surface area contributed by atoms with E-state index >= 15 is 0 Å². The fraction of sp³-hybridized carbons (Fsp3) is 0.351. The number of benzene rings is 2. The lowest BCUT2D eigenvalue weighted by Crippen LogP contribution is -2.45. The summed E-state index contributed by atoms with van der Waals surface area (Å²) >= 11 is 0. The zero-order valence-corrected chi connectivity index (χ0v) is 26.0. The quantitative estimate of drug-likeness (QED) is 0.166. The summed E-state index contributed by atoms with van der Waals surface area (Å²) in [7, 11) is 2.06. The Bertz CT molecular complexity index is 1960. The van der Waals surface area contributed by atoms with E-state index in [-0.39, 0.29) is 12.5 Å². The van der Waals surface area contributed by atoms with Crippen LogP contribution in [-0.2, 0) is 23.9 Å². The number of carbonyl (C=O) groups is 2. The second-order valence-corrected chi connectivity index (χ2v) is 12.7. The molecule has 0 bridgehead atoms. The topological polar surface area (TPSA) is 102 Å². The molecule has 7 rings (SSSR count). The first-order valence-corrected chi connectivity index (χ1v) is 16.2. The van der Waals surface area contributed by atoms with Crippen molar-refractivity contribution in [2.75, 3.05) is 6.67 Å². The number of aromatic nitrogens is 4. The zero-order valence-electron chi connectivity index (χ0n) is 26.0. The van der Waals surface area contributed by atoms with Crippen LogP contribution >= 0.6 is 0 Å². The molecule has 0 aliphatic heterocycles. The van der Waals surface area contributed by atoms with E-state index < -0.39 is 18.2 Å². The van der Waals surface area contributed by atoms with Gasteiger partial charge in [0.05, 0.1) is 34.5 Å². The van der Waals surface area contributed by atoms with Crippen molar-refractivity contribution in [3.05, 3.63) is 89.4 Å². The van der Waals surface area contributed by atoms with Gasteiger partial charge in [-0.1, -0.05) is 43.9 Å². The Kier molecular flexibility index (Phi) is 7.92. The van der Waals surface area contributed by atoms with E-state index in [0.717, 1.165) is 48.7 Å². The van der Waals surface area contributed by atoms with Crippen molar-refractivity contribution in [1.29, 1.82) is 0 Å². The number of imidazole rings is 1. The van der Waals surface area contributed by atoms with Crippen molar-refractivity contribution >= 4 is 39.9 Å². The summed E-state index contributed by atoms with van der Waals surface area (Å²) in [5.74, 6) is -0.116. The number of carbonyl (C=O) groups excluding carboxylic acids is 1. The highest BCUT2D eigenvalue weighted by Gasteiger charge is 2.42. The Balaban J connectivity index is 1.28. The Morgan fingerprint density at radius 2 is 1.85 bits per heavy atom. The van der Waals surface area contributed by atoms with Gasteiger partial charge in [-0.05, 0) is 85.2 Å². The molecule has 2 fully saturated rings. The number of carboxylic acids is 1. The highest BCUT2D eigenvalue weighted by atomic mass is 19.1. The Morgan fingerprint density at radius 1 is 1.04 bits per heavy atom. The molecule has 0 saturated heterocycles. The average molecular weight is 620 g/mol. The standard InChI is InChI=1S/C37H38FN5O3/c1-42-30-23-26(13-14-27(30)33(25-8-2-3-9-25)34(42)29-10-4-7-20-39-29)35(46)41-37(17-5-6-18-37)36-40-28-15-11-24(12-16-32(44)45)22-31(28)43(36)21-19-38/h4,7,10-16,20,22-23,25H,2-3,5-6,8-9,17-19,21H2,1H3,(H,41,46)(H,44,45)/b16-12+. The molecule has 2 N–H and O–H groups in total. The fourth-order valence-corrected chi connectivity index (χ4v) is 7.81. The highest BCUT2D eigenvalue weighted by molar-refractivity contribution is 6.01. The lowest BCUT2D eigenvalue weighted by molar-refractivity contribution is -0.131. The van der Waals surface area contributed by atoms with Crippen LogP contribution in [0.2, 0.25) is 0 Å². The van der Waals surface area contributed by atoms with Crippen LogP contribution < -0.4 is 5.32 Å². The van der Waals surface area contributed by atoms with Gasteiger partial charge in [-0.2, -0.15) is 0 Å². The van der Waals surface area contributed by atoms with Crippen molar-refractivity contribution in [1.82, 2.24) is 24.4 Å². The van der Waals surface area contributed by atoms with E-state index in [1.165, 1.54) is 29.9 Å². The number of nitrogens with zero attached hydrogens (tertiary/aromatic N) is 4. The summed E-state index contributed by atoms with van der Waals surface area (Å²) in [6.45, 7) is -0.505. The van der Waals surface area contributed by atoms with Gasteiger partial charge in [-0.15, -0.1) is 0 Å². The second-order valence-electron chi connectivity index (χ2n) is 12.7. The molecular weight excluding hydrogens is 581 g/mol. The third-order valence-corrected chi connectivity index (χ3v) is 9.91. The molecule has 0 unspecified atom stereocenters. The number of hydrogen-bond donors (Lipinski definition) is 2. The van der Waals surface area contributed by atoms with Crippen molar-refractivity contribution in [3.63, 3.8) is 0 Å². The third kappa shape index (κ3) is 5.27. The van der Waals surface area contributed by atoms with E-state index in [2.05, 4.69) is 29.1 Å². The molecule has 46 heavy (non-hydrogen) atoms. The van der Waals surface area contributed by atoms with Gasteiger partial charge in [0.1, 0.15) is 12.5 Å². The molecule has 236 valence electrons. The molecule has 9 heteroatoms. The molecule has 3 heterocycles. The number of alkyl halides is 1. The van der Waals surface area contributed by atoms with E-state index in [0.29, 0.717) is 46.7 Å². The zero-order chi connectivity index (χ0) is 31.8. The predicted molar refractivity (Wildman–Crippen MR) is 177 cm³/mol. The number of carboxylic acid groups (broad SMARTS) is 1. The van der Waals surface area contributed by atoms with Crippen LogP contribution in [-0.4, -0.2) is 42.8 Å². The van der Waals surface area contributed by atoms with Crippen LogP contribution in [0.25, 0.3) is 39.4 Å². The molecular formula is C37H38FN5O3. The van der Waals surface area contributed by atoms with Crippen LogP contribution in [0.4, 0.5) is 4.39 Å². The Labute approximate surface area is 267 Å². The van der Waals surface area contributed by atoms with Gasteiger partial charge in [-0.3, -0.25) is 9.78 Å². The first kappa shape index (κ1) is 29.9. The lowest BCUT2D eigenvalue weighted by atomic mass is 9.92. The fourth-order valence-electron chi connectivity index (χ4n) is 7.81. The number of aliphatic carboxylic acids is 1. The van der Waals surface area contributed by atoms with Gasteiger partial charge in [-0.25, -0.2) is 14.2 Å². The number of halogens is 1. The van der Waals surface area contributed by atoms with Gasteiger partial charge < -0.3 is 19.6 Å². The van der Waals surface area contributed by atoms with E-state index in [4.69, 9.17) is 15.1 Å². The summed E-state index contributed by atoms with van der Waals surface area (Å²) < 4.78 is 18.0. The average Bonchev–Trinajstić information content (AvgIpc) is 3.87. The molecule has 8 nitrogen and oxygen atoms in total. The third-order valence-electron chi connectivity index (χ3n) is 9.91. The smallest absolute Gasteiger partial charge is 0.328 e. The molecule has 2 aliphatic rings. The highest BCUT2D eigenvalue weighted by Crippen LogP contribution is 2.45. The minimum Gasteiger partial charge on any atom is -0.478 e. The van der Waals surface area contributed by atoms with Gasteiger partial charge >= 0.3 is 5.97 Å². The van der Waals surface area contributed by atoms with E-state index in [9.17, 15) is 14.0 Å². The minimum absolute atomic E-state index is 0.0884. The predicted octanol–water partition coefficient (Wildman–Crippen LogP) is 7.51. The number of fused-ring (bicyclic) bond motifs is 2. The summed E-state index contributed by atoms with van der Waals surface area (Å²) in [6.07, 6.45) is 12.4. The van der Waals surface area contributed by atoms with Gasteiger partial charge in [0, 0.05) is 35.8 Å². The first-order chi connectivity index (χ1) is 22.4. The molecule has 2 aromatic carbocycles. The maximum Gasteiger partial charge on any atom is 0.328 e. The summed E-state index contributed by atoms with van der Waals surface area (Å²) in [4.78, 5) is 34.9. The number of hydrogen-bond acceptors (Lipinski definition) is 4. The van der Waals surface area contributed by atoms with Gasteiger partial charge in [0.25, 0.3) is 5.91 Å². The first-order valence-electron chi connectivity index (χ1n) is 16.2. The molecule has 3 aromatic heterocycles. The van der Waals surface area contributed by atoms with Gasteiger partial charge in [0.15, 0.2) is 0 Å². The number of pyridine rings is 1. The summed E-state index contributed by atoms with van der Waals surface area (Å²) in [6, 6.07) is 17.5. The maximum absolute atomic E-state index is 14.1. The lowest BCUT2D eigenvalue weighted by Gasteiger charge is -2.30. The number of rotatable bonds is 9. The normalized spacial score (nSPS) is 16.7. The van der Waals surface area contributed by atoms with Crippen molar-refractivity contribution in [2.24, 2.45) is 7.05 Å². The SMILES string of the molecule is Cn1c(-c2ccccn2)c(C2CCCC2)c2ccc(C(=O)NC3(c4nc5ccc(/C=C/C(=O)O)cc5n4CCF)CCCC3)cc21. The summed E-state index contributed by atoms with van der Waals surface area (Å²) in [5.41, 5.74) is 6.28. The molecule has 2 aliphatic carbocycles. The van der Waals surface area contributed by atoms with Crippen LogP contribution in [0.15, 0.2) is 66.9 Å². The van der Waals surface area contributed by atoms with Crippen molar-refractivity contribution in [3.8, 4) is 11.4 Å². The molecule has 1 amide bonds. The maximum atomic E-state index is 14.1. The monoisotopic (exact) mass is 619 g/mol. The second kappa shape index (κ2) is 12.2. The Morgan fingerprint density at radius 3 is 2.57 bits per heavy atom. The molecule has 0 atom stereocenters. The molecule has 2 saturated carbocycles. The summed E-state index contributed by atoms with van der Waals surface area (Å²) in [5, 5.41) is 13.6. The molecule has 0 spiro atoms. The van der Waals surface area contributed by atoms with Crippen molar-refractivity contribution < 1.29 is 19.1 Å². The van der Waals surface area contributed by atoms with Crippen LogP contribution in [0.5, 0.6) is 0 Å². The van der Waals surface area contributed by atoms with Crippen LogP contribution in [0.1, 0.15) is 84.6 Å². The largest absolute Gasteiger partial charge is 0.478 e. The van der Waals surface area contributed by atoms with Gasteiger partial charge in [0.2, 0.25) is 0 Å². The Hall–Kier alpha value is -4.79. The van der Waals surface area contributed by atoms with Crippen molar-refractivity contribution in [2.45, 2.75) is 69.4 Å². The number of aryl methyl sites for hydroxylation is 2. The minimum atomic E-state index is -1.04. The van der Waals surface area contributed by atoms with Crippen LogP contribution in [0.3, 0.4) is 0 Å². The van der Waals surface area contributed by atoms with E-state index in [1.807, 2.05) is 47.2 Å². The van der Waals surface area contributed by atoms with E-state index in [1.54, 1.807) is 6.07 Å². The number of nitrogens with one attached hydrogen (secondary N) is 1. The van der Waals surface area contributed by atoms with Crippen LogP contribution in [0, 0.1) is 0 Å². The number of amides is 1. The molecule has 5 aromatic rings. The molecule has 0 radical (unpaired) electrons.